The van der Waals surface area contributed by atoms with E-state index in [0.29, 0.717) is 58.5 Å². The number of ether oxygens (including phenoxy) is 2. The van der Waals surface area contributed by atoms with Crippen molar-refractivity contribution in [2.24, 2.45) is 0 Å². The van der Waals surface area contributed by atoms with Crippen LogP contribution in [0.4, 0.5) is 5.69 Å². The third-order valence-corrected chi connectivity index (χ3v) is 5.17. The Labute approximate surface area is 180 Å². The van der Waals surface area contributed by atoms with Gasteiger partial charge in [0.1, 0.15) is 18.9 Å². The van der Waals surface area contributed by atoms with Crippen LogP contribution in [0.3, 0.4) is 0 Å². The number of furan rings is 2. The summed E-state index contributed by atoms with van der Waals surface area (Å²) in [6.45, 7) is 0.999. The molecule has 31 heavy (non-hydrogen) atoms. The summed E-state index contributed by atoms with van der Waals surface area (Å²) >= 11 is 1.17. The van der Waals surface area contributed by atoms with Gasteiger partial charge in [0.2, 0.25) is 11.1 Å². The van der Waals surface area contributed by atoms with E-state index in [1.165, 1.54) is 11.8 Å². The average molecular weight is 436 g/mol. The van der Waals surface area contributed by atoms with Gasteiger partial charge in [-0.15, -0.1) is 10.2 Å². The van der Waals surface area contributed by atoms with Crippen LogP contribution in [0.25, 0.3) is 22.9 Å². The van der Waals surface area contributed by atoms with Crippen LogP contribution in [0.15, 0.2) is 69.0 Å². The lowest BCUT2D eigenvalue weighted by molar-refractivity contribution is -0.113. The van der Waals surface area contributed by atoms with Gasteiger partial charge in [0.15, 0.2) is 28.7 Å². The fraction of sp³-hybridized carbons (Fsp3) is 0.143. The Bertz CT molecular complexity index is 1190. The highest BCUT2D eigenvalue weighted by atomic mass is 32.2. The molecule has 1 aromatic carbocycles. The first-order valence-electron chi connectivity index (χ1n) is 9.41. The number of carbonyl (C=O) groups is 1. The molecule has 9 nitrogen and oxygen atoms in total. The van der Waals surface area contributed by atoms with Crippen LogP contribution in [0, 0.1) is 0 Å². The molecule has 4 heterocycles. The summed E-state index contributed by atoms with van der Waals surface area (Å²) in [4.78, 5) is 16.9. The topological polar surface area (TPSA) is 113 Å². The number of nitrogens with zero attached hydrogens (tertiary/aromatic N) is 3. The Hall–Kier alpha value is -3.79. The maximum absolute atomic E-state index is 12.4. The number of fused-ring (bicyclic) bond motifs is 1. The van der Waals surface area contributed by atoms with Gasteiger partial charge in [0.25, 0.3) is 0 Å². The molecule has 0 fully saturated rings. The predicted octanol–water partition coefficient (Wildman–Crippen LogP) is 3.89. The Balaban J connectivity index is 1.29. The minimum atomic E-state index is -0.208. The van der Waals surface area contributed by atoms with Crippen molar-refractivity contribution in [1.82, 2.24) is 15.2 Å². The molecule has 0 atom stereocenters. The van der Waals surface area contributed by atoms with Gasteiger partial charge in [0, 0.05) is 11.8 Å². The van der Waals surface area contributed by atoms with Crippen molar-refractivity contribution >= 4 is 23.4 Å². The Morgan fingerprint density at radius 2 is 1.68 bits per heavy atom. The first kappa shape index (κ1) is 19.2. The highest BCUT2D eigenvalue weighted by Gasteiger charge is 2.18. The third-order valence-electron chi connectivity index (χ3n) is 4.33. The molecule has 0 aliphatic carbocycles. The lowest BCUT2D eigenvalue weighted by Gasteiger charge is -2.18. The molecule has 3 aromatic heterocycles. The van der Waals surface area contributed by atoms with Crippen LogP contribution in [0.1, 0.15) is 0 Å². The number of thioether (sulfide) groups is 1. The normalized spacial score (nSPS) is 12.5. The molecule has 1 aliphatic rings. The van der Waals surface area contributed by atoms with E-state index in [-0.39, 0.29) is 11.7 Å². The standard InChI is InChI=1S/C21H16N4O5S/c26-18(22-13-5-6-14-17(11-13)30-10-9-29-14)12-31-21-23-19(15-3-1-7-27-15)20(24-25-21)16-4-2-8-28-16/h1-8,11H,9-10,12H2,(H,22,26). The zero-order valence-electron chi connectivity index (χ0n) is 16.1. The summed E-state index contributed by atoms with van der Waals surface area (Å²) in [6, 6.07) is 12.3. The van der Waals surface area contributed by atoms with Gasteiger partial charge in [-0.2, -0.15) is 0 Å². The highest BCUT2D eigenvalue weighted by molar-refractivity contribution is 7.99. The zero-order valence-corrected chi connectivity index (χ0v) is 16.9. The number of benzene rings is 1. The van der Waals surface area contributed by atoms with E-state index in [2.05, 4.69) is 20.5 Å². The quantitative estimate of drug-likeness (QED) is 0.450. The molecule has 0 saturated carbocycles. The molecule has 1 N–H and O–H groups in total. The van der Waals surface area contributed by atoms with Crippen molar-refractivity contribution in [3.63, 3.8) is 0 Å². The SMILES string of the molecule is O=C(CSc1nnc(-c2ccco2)c(-c2ccco2)n1)Nc1ccc2c(c1)OCCO2. The van der Waals surface area contributed by atoms with E-state index in [0.717, 1.165) is 0 Å². The summed E-state index contributed by atoms with van der Waals surface area (Å²) in [5.74, 6) is 2.23. The van der Waals surface area contributed by atoms with Crippen molar-refractivity contribution in [1.29, 1.82) is 0 Å². The van der Waals surface area contributed by atoms with Gasteiger partial charge in [-0.1, -0.05) is 11.8 Å². The number of hydrogen-bond acceptors (Lipinski definition) is 9. The fourth-order valence-corrected chi connectivity index (χ4v) is 3.57. The van der Waals surface area contributed by atoms with E-state index in [1.54, 1.807) is 55.0 Å². The van der Waals surface area contributed by atoms with Crippen LogP contribution in [-0.2, 0) is 4.79 Å². The second-order valence-corrected chi connectivity index (χ2v) is 7.38. The molecule has 10 heteroatoms. The first-order chi connectivity index (χ1) is 15.3. The smallest absolute Gasteiger partial charge is 0.234 e. The molecule has 156 valence electrons. The highest BCUT2D eigenvalue weighted by Crippen LogP contribution is 2.33. The van der Waals surface area contributed by atoms with E-state index < -0.39 is 0 Å². The third kappa shape index (κ3) is 4.24. The molecule has 0 unspecified atom stereocenters. The number of rotatable bonds is 6. The molecule has 4 aromatic rings. The Morgan fingerprint density at radius 3 is 2.42 bits per heavy atom. The van der Waals surface area contributed by atoms with Gasteiger partial charge >= 0.3 is 0 Å². The lowest BCUT2D eigenvalue weighted by Crippen LogP contribution is -2.17. The average Bonchev–Trinajstić information content (AvgIpc) is 3.52. The summed E-state index contributed by atoms with van der Waals surface area (Å²) < 4.78 is 21.9. The molecule has 0 saturated heterocycles. The monoisotopic (exact) mass is 436 g/mol. The van der Waals surface area contributed by atoms with Gasteiger partial charge in [-0.05, 0) is 36.4 Å². The summed E-state index contributed by atoms with van der Waals surface area (Å²) in [5.41, 5.74) is 1.58. The van der Waals surface area contributed by atoms with Gasteiger partial charge in [0.05, 0.1) is 18.3 Å². The summed E-state index contributed by atoms with van der Waals surface area (Å²) in [7, 11) is 0. The van der Waals surface area contributed by atoms with E-state index in [9.17, 15) is 4.79 Å². The fourth-order valence-electron chi connectivity index (χ4n) is 2.98. The van der Waals surface area contributed by atoms with Crippen molar-refractivity contribution in [2.45, 2.75) is 5.16 Å². The number of nitrogens with one attached hydrogen (secondary N) is 1. The van der Waals surface area contributed by atoms with Crippen molar-refractivity contribution in [3.05, 3.63) is 55.0 Å². The molecular weight excluding hydrogens is 420 g/mol. The Morgan fingerprint density at radius 1 is 0.935 bits per heavy atom. The largest absolute Gasteiger partial charge is 0.486 e. The molecule has 0 bridgehead atoms. The van der Waals surface area contributed by atoms with Gasteiger partial charge in [-0.25, -0.2) is 4.98 Å². The van der Waals surface area contributed by atoms with Gasteiger partial charge in [-0.3, -0.25) is 4.79 Å². The number of amides is 1. The summed E-state index contributed by atoms with van der Waals surface area (Å²) in [5, 5.41) is 11.5. The minimum Gasteiger partial charge on any atom is -0.486 e. The molecular formula is C21H16N4O5S. The summed E-state index contributed by atoms with van der Waals surface area (Å²) in [6.07, 6.45) is 3.10. The van der Waals surface area contributed by atoms with Gasteiger partial charge < -0.3 is 23.6 Å². The molecule has 1 aliphatic heterocycles. The van der Waals surface area contributed by atoms with Crippen LogP contribution in [0.5, 0.6) is 11.5 Å². The van der Waals surface area contributed by atoms with Crippen LogP contribution >= 0.6 is 11.8 Å². The second-order valence-electron chi connectivity index (χ2n) is 6.44. The molecule has 0 spiro atoms. The molecule has 5 rings (SSSR count). The number of aromatic nitrogens is 3. The van der Waals surface area contributed by atoms with E-state index in [1.807, 2.05) is 0 Å². The Kier molecular flexibility index (Phi) is 5.28. The zero-order chi connectivity index (χ0) is 21.0. The van der Waals surface area contributed by atoms with E-state index in [4.69, 9.17) is 18.3 Å². The van der Waals surface area contributed by atoms with Crippen LogP contribution < -0.4 is 14.8 Å². The number of anilines is 1. The minimum absolute atomic E-state index is 0.105. The van der Waals surface area contributed by atoms with Crippen molar-refractivity contribution in [3.8, 4) is 34.4 Å². The van der Waals surface area contributed by atoms with Crippen LogP contribution in [-0.4, -0.2) is 40.1 Å². The first-order valence-corrected chi connectivity index (χ1v) is 10.4. The van der Waals surface area contributed by atoms with E-state index >= 15 is 0 Å². The lowest BCUT2D eigenvalue weighted by atomic mass is 10.2. The number of hydrogen-bond donors (Lipinski definition) is 1. The van der Waals surface area contributed by atoms with Crippen LogP contribution in [0.2, 0.25) is 0 Å². The van der Waals surface area contributed by atoms with Crippen molar-refractivity contribution in [2.75, 3.05) is 24.3 Å². The maximum Gasteiger partial charge on any atom is 0.234 e. The predicted molar refractivity (Wildman–Crippen MR) is 112 cm³/mol. The van der Waals surface area contributed by atoms with Crippen molar-refractivity contribution < 1.29 is 23.1 Å². The maximum atomic E-state index is 12.4. The molecule has 1 amide bonds. The molecule has 0 radical (unpaired) electrons. The second kappa shape index (κ2) is 8.52. The number of carbonyl (C=O) groups excluding carboxylic acids is 1.